The lowest BCUT2D eigenvalue weighted by molar-refractivity contribution is 0.439. The molecule has 82 valence electrons. The number of aromatic nitrogens is 3. The third kappa shape index (κ3) is 3.16. The number of aryl methyl sites for hydroxylation is 1. The minimum atomic E-state index is 0.798. The van der Waals surface area contributed by atoms with Gasteiger partial charge >= 0.3 is 0 Å². The van der Waals surface area contributed by atoms with Gasteiger partial charge in [0.25, 0.3) is 0 Å². The van der Waals surface area contributed by atoms with Crippen LogP contribution in [-0.4, -0.2) is 21.5 Å². The molecule has 1 aliphatic carbocycles. The van der Waals surface area contributed by atoms with Crippen LogP contribution in [0.3, 0.4) is 0 Å². The van der Waals surface area contributed by atoms with Crippen LogP contribution in [0.25, 0.3) is 0 Å². The Morgan fingerprint density at radius 3 is 3.13 bits per heavy atom. The van der Waals surface area contributed by atoms with Crippen LogP contribution in [0.5, 0.6) is 0 Å². The zero-order chi connectivity index (χ0) is 10.5. The fourth-order valence-corrected chi connectivity index (χ4v) is 1.92. The summed E-state index contributed by atoms with van der Waals surface area (Å²) in [5.41, 5.74) is 1.02. The zero-order valence-electron chi connectivity index (χ0n) is 9.19. The van der Waals surface area contributed by atoms with E-state index >= 15 is 0 Å². The van der Waals surface area contributed by atoms with Crippen LogP contribution in [0.15, 0.2) is 18.3 Å². The standard InChI is InChI=1S/C11H18N4/c1-15-9-11(13-14-15)8-12-7-10-5-3-2-4-6-10/h2-3,9-10,12H,4-8H2,1H3. The van der Waals surface area contributed by atoms with Crippen LogP contribution in [0.1, 0.15) is 25.0 Å². The minimum Gasteiger partial charge on any atom is -0.311 e. The zero-order valence-corrected chi connectivity index (χ0v) is 9.19. The van der Waals surface area contributed by atoms with Gasteiger partial charge in [0, 0.05) is 19.8 Å². The van der Waals surface area contributed by atoms with Crippen molar-refractivity contribution in [3.8, 4) is 0 Å². The normalized spacial score (nSPS) is 20.7. The second kappa shape index (κ2) is 5.07. The van der Waals surface area contributed by atoms with E-state index in [0.29, 0.717) is 0 Å². The lowest BCUT2D eigenvalue weighted by atomic mass is 9.94. The maximum absolute atomic E-state index is 4.03. The van der Waals surface area contributed by atoms with E-state index in [1.165, 1.54) is 19.3 Å². The molecule has 0 saturated carbocycles. The van der Waals surface area contributed by atoms with Gasteiger partial charge in [0.15, 0.2) is 0 Å². The Kier molecular flexibility index (Phi) is 3.50. The molecule has 1 atom stereocenters. The third-order valence-electron chi connectivity index (χ3n) is 2.77. The van der Waals surface area contributed by atoms with Gasteiger partial charge in [0.2, 0.25) is 0 Å². The van der Waals surface area contributed by atoms with Gasteiger partial charge in [-0.2, -0.15) is 0 Å². The third-order valence-corrected chi connectivity index (χ3v) is 2.77. The lowest BCUT2D eigenvalue weighted by Crippen LogP contribution is -2.23. The molecule has 0 amide bonds. The van der Waals surface area contributed by atoms with Crippen LogP contribution in [-0.2, 0) is 13.6 Å². The Labute approximate surface area is 90.4 Å². The summed E-state index contributed by atoms with van der Waals surface area (Å²) < 4.78 is 1.74. The van der Waals surface area contributed by atoms with Gasteiger partial charge < -0.3 is 5.32 Å². The van der Waals surface area contributed by atoms with Gasteiger partial charge in [-0.1, -0.05) is 17.4 Å². The number of hydrogen-bond donors (Lipinski definition) is 1. The van der Waals surface area contributed by atoms with E-state index in [1.54, 1.807) is 4.68 Å². The van der Waals surface area contributed by atoms with E-state index < -0.39 is 0 Å². The molecule has 4 nitrogen and oxygen atoms in total. The molecule has 0 spiro atoms. The van der Waals surface area contributed by atoms with Gasteiger partial charge in [0.05, 0.1) is 5.69 Å². The summed E-state index contributed by atoms with van der Waals surface area (Å²) in [5.74, 6) is 0.798. The van der Waals surface area contributed by atoms with Gasteiger partial charge in [-0.3, -0.25) is 4.68 Å². The number of allylic oxidation sites excluding steroid dienone is 2. The molecule has 0 aromatic carbocycles. The summed E-state index contributed by atoms with van der Waals surface area (Å²) in [7, 11) is 1.89. The summed E-state index contributed by atoms with van der Waals surface area (Å²) in [5, 5.41) is 11.4. The predicted molar refractivity (Wildman–Crippen MR) is 59.2 cm³/mol. The summed E-state index contributed by atoms with van der Waals surface area (Å²) in [6, 6.07) is 0. The Morgan fingerprint density at radius 1 is 1.53 bits per heavy atom. The van der Waals surface area contributed by atoms with E-state index in [9.17, 15) is 0 Å². The fraction of sp³-hybridized carbons (Fsp3) is 0.636. The topological polar surface area (TPSA) is 42.7 Å². The van der Waals surface area contributed by atoms with Crippen molar-refractivity contribution < 1.29 is 0 Å². The maximum Gasteiger partial charge on any atom is 0.0964 e. The molecular weight excluding hydrogens is 188 g/mol. The number of hydrogen-bond acceptors (Lipinski definition) is 3. The van der Waals surface area contributed by atoms with E-state index in [2.05, 4.69) is 27.8 Å². The monoisotopic (exact) mass is 206 g/mol. The van der Waals surface area contributed by atoms with Crippen LogP contribution in [0.4, 0.5) is 0 Å². The molecule has 2 rings (SSSR count). The van der Waals surface area contributed by atoms with Crippen molar-refractivity contribution in [2.75, 3.05) is 6.54 Å². The van der Waals surface area contributed by atoms with E-state index in [-0.39, 0.29) is 0 Å². The van der Waals surface area contributed by atoms with Gasteiger partial charge in [0.1, 0.15) is 0 Å². The van der Waals surface area contributed by atoms with Gasteiger partial charge in [-0.15, -0.1) is 5.10 Å². The molecule has 0 radical (unpaired) electrons. The highest BCUT2D eigenvalue weighted by molar-refractivity contribution is 4.93. The second-order valence-electron chi connectivity index (χ2n) is 4.16. The van der Waals surface area contributed by atoms with Crippen molar-refractivity contribution in [1.82, 2.24) is 20.3 Å². The molecule has 0 aliphatic heterocycles. The molecule has 0 saturated heterocycles. The summed E-state index contributed by atoms with van der Waals surface area (Å²) in [4.78, 5) is 0. The number of nitrogens with zero attached hydrogens (tertiary/aromatic N) is 3. The van der Waals surface area contributed by atoms with Crippen molar-refractivity contribution in [3.63, 3.8) is 0 Å². The Hall–Kier alpha value is -1.16. The first-order valence-corrected chi connectivity index (χ1v) is 5.55. The van der Waals surface area contributed by atoms with E-state index in [0.717, 1.165) is 24.7 Å². The van der Waals surface area contributed by atoms with Crippen LogP contribution < -0.4 is 5.32 Å². The van der Waals surface area contributed by atoms with Gasteiger partial charge in [-0.05, 0) is 31.7 Å². The van der Waals surface area contributed by atoms with E-state index in [4.69, 9.17) is 0 Å². The molecule has 1 unspecified atom stereocenters. The summed E-state index contributed by atoms with van der Waals surface area (Å²) >= 11 is 0. The van der Waals surface area contributed by atoms with Crippen LogP contribution in [0, 0.1) is 5.92 Å². The SMILES string of the molecule is Cn1cc(CNCC2CC=CCC2)nn1. The largest absolute Gasteiger partial charge is 0.311 e. The highest BCUT2D eigenvalue weighted by Crippen LogP contribution is 2.16. The molecule has 1 N–H and O–H groups in total. The average molecular weight is 206 g/mol. The van der Waals surface area contributed by atoms with E-state index in [1.807, 2.05) is 13.2 Å². The molecule has 0 fully saturated rings. The molecule has 1 aliphatic rings. The molecule has 1 aromatic rings. The van der Waals surface area contributed by atoms with Gasteiger partial charge in [-0.25, -0.2) is 0 Å². The molecule has 1 heterocycles. The summed E-state index contributed by atoms with van der Waals surface area (Å²) in [6.07, 6.45) is 10.3. The van der Waals surface area contributed by atoms with Crippen LogP contribution in [0.2, 0.25) is 0 Å². The Bertz CT molecular complexity index is 329. The Balaban J connectivity index is 1.68. The minimum absolute atomic E-state index is 0.798. The second-order valence-corrected chi connectivity index (χ2v) is 4.16. The number of nitrogens with one attached hydrogen (secondary N) is 1. The smallest absolute Gasteiger partial charge is 0.0964 e. The molecule has 15 heavy (non-hydrogen) atoms. The first kappa shape index (κ1) is 10.4. The molecule has 0 bridgehead atoms. The predicted octanol–water partition coefficient (Wildman–Crippen LogP) is 1.26. The van der Waals surface area contributed by atoms with Crippen molar-refractivity contribution in [2.45, 2.75) is 25.8 Å². The quantitative estimate of drug-likeness (QED) is 0.754. The first-order chi connectivity index (χ1) is 7.34. The Morgan fingerprint density at radius 2 is 2.47 bits per heavy atom. The maximum atomic E-state index is 4.03. The van der Waals surface area contributed by atoms with Crippen molar-refractivity contribution in [1.29, 1.82) is 0 Å². The van der Waals surface area contributed by atoms with Crippen molar-refractivity contribution in [2.24, 2.45) is 13.0 Å². The fourth-order valence-electron chi connectivity index (χ4n) is 1.92. The van der Waals surface area contributed by atoms with Crippen LogP contribution >= 0.6 is 0 Å². The first-order valence-electron chi connectivity index (χ1n) is 5.55. The highest BCUT2D eigenvalue weighted by Gasteiger charge is 2.09. The van der Waals surface area contributed by atoms with Crippen molar-refractivity contribution >= 4 is 0 Å². The lowest BCUT2D eigenvalue weighted by Gasteiger charge is -2.17. The number of rotatable bonds is 4. The molecule has 1 aromatic heterocycles. The summed E-state index contributed by atoms with van der Waals surface area (Å²) in [6.45, 7) is 1.91. The average Bonchev–Trinajstić information content (AvgIpc) is 2.66. The highest BCUT2D eigenvalue weighted by atomic mass is 15.4. The van der Waals surface area contributed by atoms with Crippen molar-refractivity contribution in [3.05, 3.63) is 24.0 Å². The molecule has 4 heteroatoms. The molecular formula is C11H18N4.